The molecular formula is C18H15ClN2O2S. The van der Waals surface area contributed by atoms with E-state index >= 15 is 0 Å². The molecule has 0 bridgehead atoms. The molecule has 122 valence electrons. The first-order valence-corrected chi connectivity index (χ1v) is 9.07. The molecule has 0 fully saturated rings. The van der Waals surface area contributed by atoms with Crippen LogP contribution in [0.4, 0.5) is 5.69 Å². The highest BCUT2D eigenvalue weighted by Gasteiger charge is 2.20. The van der Waals surface area contributed by atoms with E-state index in [1.165, 1.54) is 11.8 Å². The number of rotatable bonds is 5. The summed E-state index contributed by atoms with van der Waals surface area (Å²) < 4.78 is 0. The van der Waals surface area contributed by atoms with Crippen molar-refractivity contribution >= 4 is 51.6 Å². The Kier molecular flexibility index (Phi) is 4.92. The zero-order chi connectivity index (χ0) is 17.1. The fourth-order valence-electron chi connectivity index (χ4n) is 2.51. The molecule has 6 heteroatoms. The highest BCUT2D eigenvalue weighted by Crippen LogP contribution is 2.31. The van der Waals surface area contributed by atoms with Crippen molar-refractivity contribution in [1.29, 1.82) is 0 Å². The van der Waals surface area contributed by atoms with Crippen LogP contribution in [0.25, 0.3) is 10.9 Å². The number of hydrogen-bond acceptors (Lipinski definition) is 3. The largest absolute Gasteiger partial charge is 0.350 e. The molecule has 0 radical (unpaired) electrons. The van der Waals surface area contributed by atoms with E-state index in [0.717, 1.165) is 5.39 Å². The van der Waals surface area contributed by atoms with Crippen LogP contribution in [0.5, 0.6) is 0 Å². The van der Waals surface area contributed by atoms with E-state index in [4.69, 9.17) is 11.6 Å². The minimum absolute atomic E-state index is 0.152. The number of fused-ring (bicyclic) bond motifs is 1. The molecule has 24 heavy (non-hydrogen) atoms. The molecule has 0 unspecified atom stereocenters. The number of carbonyl (C=O) groups is 2. The summed E-state index contributed by atoms with van der Waals surface area (Å²) in [6.45, 7) is 0. The zero-order valence-corrected chi connectivity index (χ0v) is 14.5. The van der Waals surface area contributed by atoms with Gasteiger partial charge < -0.3 is 10.3 Å². The molecule has 0 spiro atoms. The van der Waals surface area contributed by atoms with Crippen LogP contribution in [0.2, 0.25) is 5.02 Å². The summed E-state index contributed by atoms with van der Waals surface area (Å²) in [6.07, 6.45) is 1.85. The summed E-state index contributed by atoms with van der Waals surface area (Å²) in [6, 6.07) is 14.2. The first-order valence-electron chi connectivity index (χ1n) is 7.30. The third-order valence-electron chi connectivity index (χ3n) is 3.56. The van der Waals surface area contributed by atoms with Crippen molar-refractivity contribution in [3.63, 3.8) is 0 Å². The average Bonchev–Trinajstić information content (AvgIpc) is 2.92. The number of H-pyrrole nitrogens is 1. The molecule has 0 saturated heterocycles. The lowest BCUT2D eigenvalue weighted by Crippen LogP contribution is -2.16. The Balaban J connectivity index is 2.11. The van der Waals surface area contributed by atoms with Gasteiger partial charge in [0.25, 0.3) is 0 Å². The molecule has 1 aromatic heterocycles. The molecular weight excluding hydrogens is 344 g/mol. The number of thioether (sulfide) groups is 1. The topological polar surface area (TPSA) is 62.0 Å². The lowest BCUT2D eigenvalue weighted by molar-refractivity contribution is -0.113. The van der Waals surface area contributed by atoms with Gasteiger partial charge in [-0.05, 0) is 24.5 Å². The number of aromatic amines is 1. The van der Waals surface area contributed by atoms with E-state index in [9.17, 15) is 9.59 Å². The summed E-state index contributed by atoms with van der Waals surface area (Å²) in [4.78, 5) is 28.0. The molecule has 3 rings (SSSR count). The predicted molar refractivity (Wildman–Crippen MR) is 100 cm³/mol. The first kappa shape index (κ1) is 16.6. The summed E-state index contributed by atoms with van der Waals surface area (Å²) in [5.74, 6) is -0.0120. The van der Waals surface area contributed by atoms with E-state index in [-0.39, 0.29) is 11.7 Å². The molecule has 1 amide bonds. The Hall–Kier alpha value is -2.24. The monoisotopic (exact) mass is 358 g/mol. The van der Waals surface area contributed by atoms with Gasteiger partial charge >= 0.3 is 0 Å². The van der Waals surface area contributed by atoms with Gasteiger partial charge in [-0.1, -0.05) is 41.9 Å². The summed E-state index contributed by atoms with van der Waals surface area (Å²) >= 11 is 7.46. The van der Waals surface area contributed by atoms with Gasteiger partial charge in [0.2, 0.25) is 11.7 Å². The van der Waals surface area contributed by atoms with Crippen LogP contribution < -0.4 is 5.32 Å². The number of carbonyl (C=O) groups excluding carboxylic acids is 2. The molecule has 0 aliphatic rings. The summed E-state index contributed by atoms with van der Waals surface area (Å²) in [5, 5.41) is 4.17. The molecule has 2 aromatic carbocycles. The lowest BCUT2D eigenvalue weighted by Gasteiger charge is -2.06. The van der Waals surface area contributed by atoms with Gasteiger partial charge in [-0.3, -0.25) is 9.59 Å². The highest BCUT2D eigenvalue weighted by molar-refractivity contribution is 7.99. The van der Waals surface area contributed by atoms with E-state index < -0.39 is 0 Å². The summed E-state index contributed by atoms with van der Waals surface area (Å²) in [5.41, 5.74) is 2.11. The van der Waals surface area contributed by atoms with Gasteiger partial charge in [0.15, 0.2) is 0 Å². The maximum Gasteiger partial charge on any atom is 0.234 e. The Morgan fingerprint density at radius 3 is 2.62 bits per heavy atom. The van der Waals surface area contributed by atoms with Crippen molar-refractivity contribution in [1.82, 2.24) is 4.98 Å². The number of halogens is 1. The number of aromatic nitrogens is 1. The number of nitrogens with one attached hydrogen (secondary N) is 2. The van der Waals surface area contributed by atoms with Gasteiger partial charge in [-0.25, -0.2) is 0 Å². The highest BCUT2D eigenvalue weighted by atomic mass is 35.5. The molecule has 1 heterocycles. The molecule has 0 saturated carbocycles. The van der Waals surface area contributed by atoms with E-state index in [1.54, 1.807) is 42.5 Å². The van der Waals surface area contributed by atoms with Crippen molar-refractivity contribution in [3.05, 3.63) is 64.8 Å². The molecule has 0 atom stereocenters. The van der Waals surface area contributed by atoms with Crippen molar-refractivity contribution in [2.24, 2.45) is 0 Å². The SMILES string of the molecule is CSCC(=O)Nc1c(C(=O)c2ccccc2)[nH]c2cc(Cl)ccc12. The average molecular weight is 359 g/mol. The Bertz CT molecular complexity index is 906. The van der Waals surface area contributed by atoms with Gasteiger partial charge in [-0.2, -0.15) is 11.8 Å². The van der Waals surface area contributed by atoms with Crippen LogP contribution in [0.15, 0.2) is 48.5 Å². The van der Waals surface area contributed by atoms with Crippen LogP contribution in [0.3, 0.4) is 0 Å². The molecule has 4 nitrogen and oxygen atoms in total. The quantitative estimate of drug-likeness (QED) is 0.666. The Morgan fingerprint density at radius 1 is 1.17 bits per heavy atom. The van der Waals surface area contributed by atoms with Crippen LogP contribution in [0.1, 0.15) is 16.1 Å². The van der Waals surface area contributed by atoms with Gasteiger partial charge in [0.1, 0.15) is 5.69 Å². The molecule has 0 aliphatic carbocycles. The van der Waals surface area contributed by atoms with Gasteiger partial charge in [-0.15, -0.1) is 0 Å². The normalized spacial score (nSPS) is 10.8. The van der Waals surface area contributed by atoms with Gasteiger partial charge in [0, 0.05) is 21.5 Å². The maximum atomic E-state index is 12.8. The molecule has 0 aliphatic heterocycles. The lowest BCUT2D eigenvalue weighted by atomic mass is 10.1. The van der Waals surface area contributed by atoms with Crippen molar-refractivity contribution in [3.8, 4) is 0 Å². The minimum Gasteiger partial charge on any atom is -0.350 e. The second kappa shape index (κ2) is 7.11. The van der Waals surface area contributed by atoms with Crippen LogP contribution >= 0.6 is 23.4 Å². The van der Waals surface area contributed by atoms with Crippen LogP contribution in [-0.4, -0.2) is 28.7 Å². The van der Waals surface area contributed by atoms with E-state index in [0.29, 0.717) is 33.2 Å². The standard InChI is InChI=1S/C18H15ClN2O2S/c1-24-10-15(22)21-16-13-8-7-12(19)9-14(13)20-17(16)18(23)11-5-3-2-4-6-11/h2-9,20H,10H2,1H3,(H,21,22). The number of benzene rings is 2. The molecule has 3 aromatic rings. The zero-order valence-electron chi connectivity index (χ0n) is 12.9. The van der Waals surface area contributed by atoms with E-state index in [2.05, 4.69) is 10.3 Å². The van der Waals surface area contributed by atoms with E-state index in [1.807, 2.05) is 12.3 Å². The maximum absolute atomic E-state index is 12.8. The number of anilines is 1. The Morgan fingerprint density at radius 2 is 1.92 bits per heavy atom. The van der Waals surface area contributed by atoms with Crippen molar-refractivity contribution in [2.75, 3.05) is 17.3 Å². The van der Waals surface area contributed by atoms with Crippen LogP contribution in [0, 0.1) is 0 Å². The predicted octanol–water partition coefficient (Wildman–Crippen LogP) is 4.35. The second-order valence-corrected chi connectivity index (χ2v) is 6.54. The van der Waals surface area contributed by atoms with Crippen LogP contribution in [-0.2, 0) is 4.79 Å². The second-order valence-electron chi connectivity index (χ2n) is 5.24. The number of hydrogen-bond donors (Lipinski definition) is 2. The minimum atomic E-state index is -0.178. The summed E-state index contributed by atoms with van der Waals surface area (Å²) in [7, 11) is 0. The third-order valence-corrected chi connectivity index (χ3v) is 4.35. The fourth-order valence-corrected chi connectivity index (χ4v) is 3.02. The number of amides is 1. The molecule has 2 N–H and O–H groups in total. The van der Waals surface area contributed by atoms with Crippen molar-refractivity contribution < 1.29 is 9.59 Å². The van der Waals surface area contributed by atoms with Gasteiger partial charge in [0.05, 0.1) is 11.4 Å². The number of ketones is 1. The third kappa shape index (κ3) is 3.32. The fraction of sp³-hybridized carbons (Fsp3) is 0.111. The van der Waals surface area contributed by atoms with Crippen molar-refractivity contribution in [2.45, 2.75) is 0 Å². The first-order chi connectivity index (χ1) is 11.6. The Labute approximate surface area is 148 Å². The smallest absolute Gasteiger partial charge is 0.234 e.